The number of aryl methyl sites for hydroxylation is 1. The zero-order valence-corrected chi connectivity index (χ0v) is 28.9. The summed E-state index contributed by atoms with van der Waals surface area (Å²) in [5.41, 5.74) is 6.73. The van der Waals surface area contributed by atoms with Gasteiger partial charge in [-0.25, -0.2) is 0 Å². The number of alkyl halides is 3. The van der Waals surface area contributed by atoms with E-state index in [1.165, 1.54) is 23.9 Å². The zero-order valence-electron chi connectivity index (χ0n) is 28.9. The molecule has 1 aromatic carbocycles. The summed E-state index contributed by atoms with van der Waals surface area (Å²) in [7, 11) is 5.29. The number of hydrogen-bond donors (Lipinski definition) is 4. The van der Waals surface area contributed by atoms with E-state index in [4.69, 9.17) is 10.5 Å². The monoisotopic (exact) mass is 648 g/mol. The Hall–Kier alpha value is -2.90. The van der Waals surface area contributed by atoms with E-state index in [1.807, 2.05) is 67.8 Å². The van der Waals surface area contributed by atoms with E-state index in [-0.39, 0.29) is 25.7 Å². The molecule has 13 heteroatoms. The first-order chi connectivity index (χ1) is 21.5. The molecule has 2 saturated heterocycles. The molecule has 3 heterocycles. The smallest absolute Gasteiger partial charge is 0.401 e. The Bertz CT molecular complexity index is 927. The minimum absolute atomic E-state index is 0.0777. The molecule has 0 aromatic heterocycles. The normalized spacial score (nSPS) is 20.2. The molecule has 0 saturated carbocycles. The number of hydrogen-bond acceptors (Lipinski definition) is 7. The van der Waals surface area contributed by atoms with Crippen molar-refractivity contribution < 1.29 is 32.3 Å². The van der Waals surface area contributed by atoms with Crippen LogP contribution in [0.1, 0.15) is 72.8 Å². The zero-order chi connectivity index (χ0) is 35.0. The number of amides is 3. The van der Waals surface area contributed by atoms with Crippen molar-refractivity contribution in [2.75, 3.05) is 53.9 Å². The van der Waals surface area contributed by atoms with Gasteiger partial charge in [0.1, 0.15) is 17.8 Å². The molecule has 0 aliphatic carbocycles. The molecule has 3 atom stereocenters. The Morgan fingerprint density at radius 1 is 1.00 bits per heavy atom. The van der Waals surface area contributed by atoms with E-state index in [0.717, 1.165) is 23.7 Å². The number of carbonyl (C=O) groups is 3. The van der Waals surface area contributed by atoms with Crippen molar-refractivity contribution in [2.24, 2.45) is 5.73 Å². The number of para-hydroxylation sites is 1. The average molecular weight is 649 g/mol. The number of primary amides is 1. The Kier molecular flexibility index (Phi) is 24.9. The lowest BCUT2D eigenvalue weighted by atomic mass is 10.1. The summed E-state index contributed by atoms with van der Waals surface area (Å²) >= 11 is 0. The van der Waals surface area contributed by atoms with Crippen molar-refractivity contribution in [1.29, 1.82) is 0 Å². The molecule has 4 rings (SSSR count). The Morgan fingerprint density at radius 2 is 1.60 bits per heavy atom. The van der Waals surface area contributed by atoms with E-state index < -0.39 is 42.5 Å². The maximum atomic E-state index is 12.9. The van der Waals surface area contributed by atoms with Gasteiger partial charge in [-0.1, -0.05) is 59.7 Å². The molecule has 3 amide bonds. The van der Waals surface area contributed by atoms with Gasteiger partial charge in [0.2, 0.25) is 17.7 Å². The number of likely N-dealkylation sites (N-methyl/N-ethyl adjacent to an activating group) is 1. The summed E-state index contributed by atoms with van der Waals surface area (Å²) in [6, 6.07) is 5.94. The number of fused-ring (bicyclic) bond motifs is 2. The van der Waals surface area contributed by atoms with Crippen LogP contribution in [0.2, 0.25) is 0 Å². The number of nitrogens with one attached hydrogen (secondary N) is 3. The third-order valence-electron chi connectivity index (χ3n) is 6.50. The molecule has 3 aliphatic rings. The van der Waals surface area contributed by atoms with Crippen LogP contribution < -0.4 is 26.4 Å². The molecular weight excluding hydrogens is 589 g/mol. The highest BCUT2D eigenvalue weighted by Crippen LogP contribution is 2.30. The third-order valence-corrected chi connectivity index (χ3v) is 6.50. The van der Waals surface area contributed by atoms with E-state index in [9.17, 15) is 27.6 Å². The van der Waals surface area contributed by atoms with Gasteiger partial charge in [-0.15, -0.1) is 0 Å². The average Bonchev–Trinajstić information content (AvgIpc) is 3.46. The molecule has 45 heavy (non-hydrogen) atoms. The summed E-state index contributed by atoms with van der Waals surface area (Å²) in [5.74, 6) is -0.639. The minimum Gasteiger partial charge on any atom is -0.493 e. The predicted octanol–water partition coefficient (Wildman–Crippen LogP) is 3.73. The maximum absolute atomic E-state index is 12.9. The fraction of sp³-hybridized carbons (Fsp3) is 0.719. The van der Waals surface area contributed by atoms with Crippen LogP contribution in [0.25, 0.3) is 0 Å². The highest BCUT2D eigenvalue weighted by atomic mass is 19.4. The molecule has 1 aromatic rings. The lowest BCUT2D eigenvalue weighted by Gasteiger charge is -2.38. The van der Waals surface area contributed by atoms with Gasteiger partial charge < -0.3 is 31.3 Å². The molecule has 3 unspecified atom stereocenters. The SMILES string of the molecule is CC.CC.CC.CNC.CNCC(=O)NC1CN(CC(F)(F)F)CCC2CCC(C(N)=O)N2C1=O.c1ccc2c(c1)CCCO2. The first-order valence-electron chi connectivity index (χ1n) is 16.1. The lowest BCUT2D eigenvalue weighted by molar-refractivity contribution is -0.155. The van der Waals surface area contributed by atoms with E-state index in [0.29, 0.717) is 19.3 Å². The Balaban J connectivity index is 0. The number of benzene rings is 1. The second kappa shape index (κ2) is 25.3. The molecule has 262 valence electrons. The molecular formula is C32H59F3N6O4. The van der Waals surface area contributed by atoms with Crippen LogP contribution in [0.3, 0.4) is 0 Å². The maximum Gasteiger partial charge on any atom is 0.401 e. The number of nitrogens with two attached hydrogens (primary N) is 1. The fourth-order valence-corrected chi connectivity index (χ4v) is 4.92. The van der Waals surface area contributed by atoms with Crippen molar-refractivity contribution in [3.63, 3.8) is 0 Å². The standard InChI is InChI=1S/C15H24F3N5O3.C9H10O.C2H7N.3C2H6/c1-20-6-12(24)21-10-7-22(8-15(16,17)18)5-4-9-2-3-11(13(19)25)23(9)14(10)26;1-2-6-9-8(4-1)5-3-7-10-9;1-3-2;3*1-2/h9-11,20H,2-8H2,1H3,(H2,19,25)(H,21,24);1-2,4,6H,3,5,7H2;3H,1-2H3;3*1-2H3. The van der Waals surface area contributed by atoms with Gasteiger partial charge in [-0.2, -0.15) is 13.2 Å². The second-order valence-corrected chi connectivity index (χ2v) is 9.74. The number of rotatable bonds is 5. The number of nitrogens with zero attached hydrogens (tertiary/aromatic N) is 2. The summed E-state index contributed by atoms with van der Waals surface area (Å²) in [5, 5.41) is 7.84. The van der Waals surface area contributed by atoms with Gasteiger partial charge in [0.05, 0.1) is 19.7 Å². The van der Waals surface area contributed by atoms with Gasteiger partial charge in [0.25, 0.3) is 0 Å². The topological polar surface area (TPSA) is 129 Å². The molecule has 0 radical (unpaired) electrons. The first-order valence-corrected chi connectivity index (χ1v) is 16.1. The van der Waals surface area contributed by atoms with Crippen LogP contribution in [0.4, 0.5) is 13.2 Å². The minimum atomic E-state index is -4.41. The van der Waals surface area contributed by atoms with Crippen molar-refractivity contribution in [3.05, 3.63) is 29.8 Å². The fourth-order valence-electron chi connectivity index (χ4n) is 4.92. The van der Waals surface area contributed by atoms with Crippen LogP contribution in [0.5, 0.6) is 5.75 Å². The van der Waals surface area contributed by atoms with Crippen molar-refractivity contribution >= 4 is 17.7 Å². The number of halogens is 3. The summed E-state index contributed by atoms with van der Waals surface area (Å²) in [4.78, 5) is 38.9. The van der Waals surface area contributed by atoms with E-state index >= 15 is 0 Å². The van der Waals surface area contributed by atoms with Gasteiger partial charge in [0.15, 0.2) is 0 Å². The predicted molar refractivity (Wildman–Crippen MR) is 175 cm³/mol. The highest BCUT2D eigenvalue weighted by Gasteiger charge is 2.45. The summed E-state index contributed by atoms with van der Waals surface area (Å²) in [6.45, 7) is 11.5. The van der Waals surface area contributed by atoms with Crippen LogP contribution in [-0.4, -0.2) is 106 Å². The largest absolute Gasteiger partial charge is 0.493 e. The molecule has 0 spiro atoms. The van der Waals surface area contributed by atoms with Crippen LogP contribution >= 0.6 is 0 Å². The summed E-state index contributed by atoms with van der Waals surface area (Å²) < 4.78 is 43.9. The quantitative estimate of drug-likeness (QED) is 0.383. The second-order valence-electron chi connectivity index (χ2n) is 9.74. The van der Waals surface area contributed by atoms with Gasteiger partial charge in [0, 0.05) is 19.1 Å². The van der Waals surface area contributed by atoms with E-state index in [1.54, 1.807) is 0 Å². The Morgan fingerprint density at radius 3 is 2.13 bits per heavy atom. The summed E-state index contributed by atoms with van der Waals surface area (Å²) in [6.07, 6.45) is -0.874. The van der Waals surface area contributed by atoms with Crippen LogP contribution in [0.15, 0.2) is 24.3 Å². The first kappa shape index (κ1) is 44.2. The van der Waals surface area contributed by atoms with Crippen LogP contribution in [0, 0.1) is 0 Å². The molecule has 3 aliphatic heterocycles. The van der Waals surface area contributed by atoms with Crippen LogP contribution in [-0.2, 0) is 20.8 Å². The van der Waals surface area contributed by atoms with E-state index in [2.05, 4.69) is 28.1 Å². The van der Waals surface area contributed by atoms with Crippen molar-refractivity contribution in [2.45, 2.75) is 97.9 Å². The van der Waals surface area contributed by atoms with Crippen molar-refractivity contribution in [3.8, 4) is 5.75 Å². The third kappa shape index (κ3) is 16.8. The highest BCUT2D eigenvalue weighted by molar-refractivity contribution is 5.93. The van der Waals surface area contributed by atoms with Gasteiger partial charge in [-0.3, -0.25) is 19.3 Å². The Labute approximate surface area is 269 Å². The molecule has 5 N–H and O–H groups in total. The van der Waals surface area contributed by atoms with Gasteiger partial charge >= 0.3 is 6.18 Å². The van der Waals surface area contributed by atoms with Crippen molar-refractivity contribution in [1.82, 2.24) is 25.8 Å². The molecule has 0 bridgehead atoms. The number of carbonyl (C=O) groups excluding carboxylic acids is 3. The van der Waals surface area contributed by atoms with Gasteiger partial charge in [-0.05, 0) is 64.9 Å². The molecule has 10 nitrogen and oxygen atoms in total. The number of ether oxygens (including phenoxy) is 1. The molecule has 2 fully saturated rings. The lowest BCUT2D eigenvalue weighted by Crippen LogP contribution is -2.61.